The number of nitrogens with zero attached hydrogens (tertiary/aromatic N) is 2. The first kappa shape index (κ1) is 16.2. The van der Waals surface area contributed by atoms with Crippen molar-refractivity contribution in [2.75, 3.05) is 6.54 Å². The number of carbonyl (C=O) groups is 1. The van der Waals surface area contributed by atoms with Gasteiger partial charge in [0.2, 0.25) is 5.91 Å². The topological polar surface area (TPSA) is 70.1 Å². The Hall–Kier alpha value is -1.86. The van der Waals surface area contributed by atoms with Gasteiger partial charge in [0.25, 0.3) is 0 Å². The van der Waals surface area contributed by atoms with E-state index in [0.29, 0.717) is 25.1 Å². The fraction of sp³-hybridized carbons (Fsp3) is 0.500. The standard InChI is InChI=1S/C16H23N3O/c1-4-10-19(15(20)16(3,18)5-2)12-14-8-6-13(11-17)7-9-14/h6-9H,4-5,10,12,18H2,1-3H3. The van der Waals surface area contributed by atoms with Crippen LogP contribution < -0.4 is 5.73 Å². The predicted molar refractivity (Wildman–Crippen MR) is 79.7 cm³/mol. The summed E-state index contributed by atoms with van der Waals surface area (Å²) in [7, 11) is 0. The molecule has 0 saturated carbocycles. The number of nitriles is 1. The molecule has 1 amide bonds. The number of nitrogens with two attached hydrogens (primary N) is 1. The Kier molecular flexibility index (Phi) is 5.72. The van der Waals surface area contributed by atoms with Gasteiger partial charge in [0, 0.05) is 13.1 Å². The highest BCUT2D eigenvalue weighted by Crippen LogP contribution is 2.14. The van der Waals surface area contributed by atoms with Gasteiger partial charge in [0.15, 0.2) is 0 Å². The van der Waals surface area contributed by atoms with E-state index in [-0.39, 0.29) is 5.91 Å². The van der Waals surface area contributed by atoms with Crippen LogP contribution in [0, 0.1) is 11.3 Å². The summed E-state index contributed by atoms with van der Waals surface area (Å²) < 4.78 is 0. The molecule has 1 atom stereocenters. The lowest BCUT2D eigenvalue weighted by molar-refractivity contribution is -0.137. The zero-order valence-electron chi connectivity index (χ0n) is 12.5. The molecule has 2 N–H and O–H groups in total. The molecule has 0 aromatic heterocycles. The first-order valence-corrected chi connectivity index (χ1v) is 7.02. The summed E-state index contributed by atoms with van der Waals surface area (Å²) in [6, 6.07) is 9.39. The molecular formula is C16H23N3O. The molecule has 1 rings (SSSR count). The van der Waals surface area contributed by atoms with Crippen LogP contribution in [0.3, 0.4) is 0 Å². The van der Waals surface area contributed by atoms with E-state index in [4.69, 9.17) is 11.0 Å². The number of amides is 1. The van der Waals surface area contributed by atoms with Crippen molar-refractivity contribution in [3.05, 3.63) is 35.4 Å². The lowest BCUT2D eigenvalue weighted by atomic mass is 9.98. The quantitative estimate of drug-likeness (QED) is 0.865. The Morgan fingerprint density at radius 3 is 2.40 bits per heavy atom. The minimum Gasteiger partial charge on any atom is -0.337 e. The number of hydrogen-bond donors (Lipinski definition) is 1. The second-order valence-electron chi connectivity index (χ2n) is 5.31. The van der Waals surface area contributed by atoms with E-state index < -0.39 is 5.54 Å². The highest BCUT2D eigenvalue weighted by atomic mass is 16.2. The van der Waals surface area contributed by atoms with E-state index in [1.165, 1.54) is 0 Å². The van der Waals surface area contributed by atoms with E-state index in [9.17, 15) is 4.79 Å². The van der Waals surface area contributed by atoms with E-state index in [1.807, 2.05) is 26.0 Å². The van der Waals surface area contributed by atoms with Crippen LogP contribution >= 0.6 is 0 Å². The molecule has 1 unspecified atom stereocenters. The minimum atomic E-state index is -0.818. The third-order valence-electron chi connectivity index (χ3n) is 3.46. The Bertz CT molecular complexity index is 485. The summed E-state index contributed by atoms with van der Waals surface area (Å²) in [6.07, 6.45) is 1.50. The summed E-state index contributed by atoms with van der Waals surface area (Å²) in [6.45, 7) is 6.95. The molecule has 1 aromatic carbocycles. The zero-order chi connectivity index (χ0) is 15.2. The summed E-state index contributed by atoms with van der Waals surface area (Å²) in [5.41, 5.74) is 6.87. The number of benzene rings is 1. The average Bonchev–Trinajstić information content (AvgIpc) is 2.46. The van der Waals surface area contributed by atoms with Crippen molar-refractivity contribution in [1.29, 1.82) is 5.26 Å². The Morgan fingerprint density at radius 2 is 1.95 bits per heavy atom. The lowest BCUT2D eigenvalue weighted by Gasteiger charge is -2.31. The zero-order valence-corrected chi connectivity index (χ0v) is 12.5. The van der Waals surface area contributed by atoms with Gasteiger partial charge < -0.3 is 10.6 Å². The van der Waals surface area contributed by atoms with Crippen LogP contribution in [0.15, 0.2) is 24.3 Å². The van der Waals surface area contributed by atoms with Gasteiger partial charge in [0.05, 0.1) is 17.2 Å². The number of hydrogen-bond acceptors (Lipinski definition) is 3. The van der Waals surface area contributed by atoms with Gasteiger partial charge >= 0.3 is 0 Å². The van der Waals surface area contributed by atoms with Crippen molar-refractivity contribution >= 4 is 5.91 Å². The van der Waals surface area contributed by atoms with Crippen LogP contribution in [0.4, 0.5) is 0 Å². The molecular weight excluding hydrogens is 250 g/mol. The van der Waals surface area contributed by atoms with Crippen molar-refractivity contribution in [1.82, 2.24) is 4.90 Å². The van der Waals surface area contributed by atoms with Crippen molar-refractivity contribution < 1.29 is 4.79 Å². The van der Waals surface area contributed by atoms with Gasteiger partial charge in [-0.3, -0.25) is 4.79 Å². The fourth-order valence-corrected chi connectivity index (χ4v) is 1.94. The molecule has 0 aliphatic heterocycles. The van der Waals surface area contributed by atoms with Gasteiger partial charge in [0.1, 0.15) is 0 Å². The Labute approximate surface area is 121 Å². The van der Waals surface area contributed by atoms with Crippen molar-refractivity contribution in [2.45, 2.75) is 45.7 Å². The van der Waals surface area contributed by atoms with Gasteiger partial charge in [-0.05, 0) is 37.5 Å². The summed E-state index contributed by atoms with van der Waals surface area (Å²) in [5.74, 6) is -0.0220. The van der Waals surface area contributed by atoms with Gasteiger partial charge in [-0.25, -0.2) is 0 Å². The lowest BCUT2D eigenvalue weighted by Crippen LogP contribution is -2.52. The minimum absolute atomic E-state index is 0.0220. The van der Waals surface area contributed by atoms with Crippen LogP contribution in [0.25, 0.3) is 0 Å². The summed E-state index contributed by atoms with van der Waals surface area (Å²) in [4.78, 5) is 14.3. The molecule has 0 spiro atoms. The molecule has 0 bridgehead atoms. The predicted octanol–water partition coefficient (Wildman–Crippen LogP) is 2.42. The first-order valence-electron chi connectivity index (χ1n) is 7.02. The van der Waals surface area contributed by atoms with Crippen molar-refractivity contribution in [3.8, 4) is 6.07 Å². The molecule has 20 heavy (non-hydrogen) atoms. The van der Waals surface area contributed by atoms with E-state index in [0.717, 1.165) is 12.0 Å². The largest absolute Gasteiger partial charge is 0.337 e. The molecule has 0 heterocycles. The molecule has 0 aliphatic rings. The maximum absolute atomic E-state index is 12.5. The molecule has 0 aliphatic carbocycles. The molecule has 0 saturated heterocycles. The average molecular weight is 273 g/mol. The molecule has 1 aromatic rings. The summed E-state index contributed by atoms with van der Waals surface area (Å²) >= 11 is 0. The van der Waals surface area contributed by atoms with Gasteiger partial charge in [-0.15, -0.1) is 0 Å². The van der Waals surface area contributed by atoms with Gasteiger partial charge in [-0.1, -0.05) is 26.0 Å². The maximum atomic E-state index is 12.5. The number of rotatable bonds is 6. The molecule has 108 valence electrons. The maximum Gasteiger partial charge on any atom is 0.242 e. The SMILES string of the molecule is CCCN(Cc1ccc(C#N)cc1)C(=O)C(C)(N)CC. The second-order valence-corrected chi connectivity index (χ2v) is 5.31. The molecule has 4 heteroatoms. The van der Waals surface area contributed by atoms with Crippen LogP contribution in [-0.2, 0) is 11.3 Å². The molecule has 0 fully saturated rings. The van der Waals surface area contributed by atoms with Crippen LogP contribution in [0.1, 0.15) is 44.7 Å². The van der Waals surface area contributed by atoms with E-state index in [2.05, 4.69) is 6.07 Å². The molecule has 0 radical (unpaired) electrons. The van der Waals surface area contributed by atoms with E-state index in [1.54, 1.807) is 24.0 Å². The van der Waals surface area contributed by atoms with Crippen molar-refractivity contribution in [3.63, 3.8) is 0 Å². The van der Waals surface area contributed by atoms with Crippen molar-refractivity contribution in [2.24, 2.45) is 5.73 Å². The highest BCUT2D eigenvalue weighted by molar-refractivity contribution is 5.85. The van der Waals surface area contributed by atoms with Crippen LogP contribution in [0.2, 0.25) is 0 Å². The smallest absolute Gasteiger partial charge is 0.242 e. The fourth-order valence-electron chi connectivity index (χ4n) is 1.94. The van der Waals surface area contributed by atoms with E-state index >= 15 is 0 Å². The Balaban J connectivity index is 2.86. The van der Waals surface area contributed by atoms with Crippen LogP contribution in [0.5, 0.6) is 0 Å². The van der Waals surface area contributed by atoms with Crippen LogP contribution in [-0.4, -0.2) is 22.9 Å². The number of carbonyl (C=O) groups excluding carboxylic acids is 1. The first-order chi connectivity index (χ1) is 9.44. The normalized spacial score (nSPS) is 13.3. The van der Waals surface area contributed by atoms with Gasteiger partial charge in [-0.2, -0.15) is 5.26 Å². The molecule has 4 nitrogen and oxygen atoms in total. The third kappa shape index (κ3) is 4.07. The summed E-state index contributed by atoms with van der Waals surface area (Å²) in [5, 5.41) is 8.79. The Morgan fingerprint density at radius 1 is 1.35 bits per heavy atom. The second kappa shape index (κ2) is 7.06. The monoisotopic (exact) mass is 273 g/mol. The third-order valence-corrected chi connectivity index (χ3v) is 3.46. The highest BCUT2D eigenvalue weighted by Gasteiger charge is 2.30.